The Hall–Kier alpha value is -2.71. The molecule has 1 aromatic heterocycles. The Morgan fingerprint density at radius 3 is 3.03 bits per heavy atom. The van der Waals surface area contributed by atoms with Crippen molar-refractivity contribution in [2.45, 2.75) is 19.4 Å². The van der Waals surface area contributed by atoms with E-state index in [0.29, 0.717) is 36.7 Å². The quantitative estimate of drug-likeness (QED) is 0.352. The molecule has 0 aliphatic carbocycles. The number of ether oxygens (including phenoxy) is 3. The maximum absolute atomic E-state index is 13.4. The predicted molar refractivity (Wildman–Crippen MR) is 113 cm³/mol. The lowest BCUT2D eigenvalue weighted by molar-refractivity contribution is 0.0888. The molecular weight excluding hydrogens is 387 g/mol. The van der Waals surface area contributed by atoms with Gasteiger partial charge in [0.2, 0.25) is 5.88 Å². The summed E-state index contributed by atoms with van der Waals surface area (Å²) in [6, 6.07) is 9.73. The van der Waals surface area contributed by atoms with Crippen molar-refractivity contribution in [2.24, 2.45) is 10.9 Å². The van der Waals surface area contributed by atoms with Crippen LogP contribution in [0.15, 0.2) is 47.6 Å². The van der Waals surface area contributed by atoms with Crippen LogP contribution in [0.4, 0.5) is 4.39 Å². The molecule has 0 amide bonds. The van der Waals surface area contributed by atoms with Gasteiger partial charge in [0.05, 0.1) is 13.2 Å². The number of pyridine rings is 1. The third-order valence-corrected chi connectivity index (χ3v) is 4.67. The molecule has 1 atom stereocenters. The first-order chi connectivity index (χ1) is 14.7. The summed E-state index contributed by atoms with van der Waals surface area (Å²) < 4.78 is 30.2. The zero-order chi connectivity index (χ0) is 21.0. The summed E-state index contributed by atoms with van der Waals surface area (Å²) in [6.07, 6.45) is 3.62. The second-order valence-corrected chi connectivity index (χ2v) is 7.04. The van der Waals surface area contributed by atoms with Crippen LogP contribution in [0.1, 0.15) is 18.4 Å². The number of hydrogen-bond donors (Lipinski definition) is 2. The Balaban J connectivity index is 1.40. The first-order valence-corrected chi connectivity index (χ1v) is 10.2. The highest BCUT2D eigenvalue weighted by Gasteiger charge is 2.15. The highest BCUT2D eigenvalue weighted by atomic mass is 19.1. The first kappa shape index (κ1) is 22.0. The number of hydrogen-bond acceptors (Lipinski definition) is 5. The summed E-state index contributed by atoms with van der Waals surface area (Å²) in [5, 5.41) is 6.51. The molecule has 2 aromatic rings. The first-order valence-electron chi connectivity index (χ1n) is 10.2. The van der Waals surface area contributed by atoms with Crippen LogP contribution in [0.3, 0.4) is 0 Å². The van der Waals surface area contributed by atoms with Crippen LogP contribution in [-0.4, -0.2) is 51.0 Å². The van der Waals surface area contributed by atoms with Gasteiger partial charge in [0.25, 0.3) is 0 Å². The number of halogens is 1. The van der Waals surface area contributed by atoms with Crippen molar-refractivity contribution in [2.75, 3.05) is 40.0 Å². The standard InChI is InChI=1S/C22H29FN4O3/c1-24-22(26-10-4-11-28-15-17-8-12-29-16-17)27-14-18-5-3-9-25-21(18)30-20-7-2-6-19(23)13-20/h2-3,5-7,9,13,17H,4,8,10-12,14-16H2,1H3,(H2,24,26,27). The van der Waals surface area contributed by atoms with Crippen LogP contribution in [-0.2, 0) is 16.0 Å². The summed E-state index contributed by atoms with van der Waals surface area (Å²) in [4.78, 5) is 8.50. The van der Waals surface area contributed by atoms with Gasteiger partial charge in [-0.15, -0.1) is 0 Å². The number of benzene rings is 1. The van der Waals surface area contributed by atoms with Gasteiger partial charge in [-0.2, -0.15) is 0 Å². The van der Waals surface area contributed by atoms with Crippen molar-refractivity contribution < 1.29 is 18.6 Å². The molecular formula is C22H29FN4O3. The molecule has 2 N–H and O–H groups in total. The Morgan fingerprint density at radius 1 is 1.30 bits per heavy atom. The number of aromatic nitrogens is 1. The van der Waals surface area contributed by atoms with E-state index in [1.165, 1.54) is 12.1 Å². The molecule has 0 saturated carbocycles. The highest BCUT2D eigenvalue weighted by Crippen LogP contribution is 2.23. The van der Waals surface area contributed by atoms with E-state index in [-0.39, 0.29) is 5.82 Å². The fourth-order valence-corrected chi connectivity index (χ4v) is 3.04. The smallest absolute Gasteiger partial charge is 0.224 e. The van der Waals surface area contributed by atoms with Gasteiger partial charge < -0.3 is 24.8 Å². The van der Waals surface area contributed by atoms with Gasteiger partial charge in [-0.3, -0.25) is 4.99 Å². The van der Waals surface area contributed by atoms with Crippen LogP contribution in [0.2, 0.25) is 0 Å². The number of rotatable bonds is 10. The van der Waals surface area contributed by atoms with Crippen LogP contribution in [0.25, 0.3) is 0 Å². The molecule has 30 heavy (non-hydrogen) atoms. The molecule has 1 fully saturated rings. The average Bonchev–Trinajstić information content (AvgIpc) is 3.27. The van der Waals surface area contributed by atoms with Crippen LogP contribution >= 0.6 is 0 Å². The number of nitrogens with one attached hydrogen (secondary N) is 2. The molecule has 3 rings (SSSR count). The summed E-state index contributed by atoms with van der Waals surface area (Å²) in [6.45, 7) is 4.35. The monoisotopic (exact) mass is 416 g/mol. The number of guanidine groups is 1. The maximum Gasteiger partial charge on any atom is 0.224 e. The lowest BCUT2D eigenvalue weighted by Crippen LogP contribution is -2.37. The summed E-state index contributed by atoms with van der Waals surface area (Å²) >= 11 is 0. The Kier molecular flexibility index (Phi) is 8.86. The predicted octanol–water partition coefficient (Wildman–Crippen LogP) is 3.12. The highest BCUT2D eigenvalue weighted by molar-refractivity contribution is 5.79. The molecule has 2 heterocycles. The minimum absolute atomic E-state index is 0.353. The van der Waals surface area contributed by atoms with Gasteiger partial charge in [0.15, 0.2) is 5.96 Å². The summed E-state index contributed by atoms with van der Waals surface area (Å²) in [5.74, 6) is 1.70. The minimum atomic E-state index is -0.353. The van der Waals surface area contributed by atoms with Crippen molar-refractivity contribution in [3.8, 4) is 11.6 Å². The Labute approximate surface area is 176 Å². The molecule has 7 nitrogen and oxygen atoms in total. The van der Waals surface area contributed by atoms with Crippen molar-refractivity contribution in [1.82, 2.24) is 15.6 Å². The van der Waals surface area contributed by atoms with E-state index in [0.717, 1.165) is 44.8 Å². The zero-order valence-corrected chi connectivity index (χ0v) is 17.3. The van der Waals surface area contributed by atoms with Gasteiger partial charge in [-0.25, -0.2) is 9.37 Å². The zero-order valence-electron chi connectivity index (χ0n) is 17.3. The molecule has 0 bridgehead atoms. The molecule has 0 radical (unpaired) electrons. The molecule has 162 valence electrons. The molecule has 1 unspecified atom stereocenters. The van der Waals surface area contributed by atoms with Crippen LogP contribution in [0, 0.1) is 11.7 Å². The fraction of sp³-hybridized carbons (Fsp3) is 0.455. The third kappa shape index (κ3) is 7.27. The Morgan fingerprint density at radius 2 is 2.23 bits per heavy atom. The normalized spacial score (nSPS) is 16.5. The van der Waals surface area contributed by atoms with E-state index in [1.54, 1.807) is 25.4 Å². The number of aliphatic imine (C=N–C) groups is 1. The largest absolute Gasteiger partial charge is 0.439 e. The summed E-state index contributed by atoms with van der Waals surface area (Å²) in [7, 11) is 1.72. The van der Waals surface area contributed by atoms with E-state index >= 15 is 0 Å². The topological polar surface area (TPSA) is 77.0 Å². The van der Waals surface area contributed by atoms with Gasteiger partial charge in [0.1, 0.15) is 11.6 Å². The molecule has 0 spiro atoms. The number of nitrogens with zero attached hydrogens (tertiary/aromatic N) is 2. The summed E-state index contributed by atoms with van der Waals surface area (Å²) in [5.41, 5.74) is 0.840. The van der Waals surface area contributed by atoms with E-state index in [4.69, 9.17) is 14.2 Å². The van der Waals surface area contributed by atoms with Gasteiger partial charge >= 0.3 is 0 Å². The van der Waals surface area contributed by atoms with E-state index in [2.05, 4.69) is 20.6 Å². The third-order valence-electron chi connectivity index (χ3n) is 4.67. The second-order valence-electron chi connectivity index (χ2n) is 7.04. The SMILES string of the molecule is CN=C(NCCCOCC1CCOC1)NCc1cccnc1Oc1cccc(F)c1. The van der Waals surface area contributed by atoms with Crippen molar-refractivity contribution in [3.63, 3.8) is 0 Å². The van der Waals surface area contributed by atoms with E-state index in [9.17, 15) is 4.39 Å². The lowest BCUT2D eigenvalue weighted by atomic mass is 10.1. The van der Waals surface area contributed by atoms with E-state index in [1.807, 2.05) is 12.1 Å². The maximum atomic E-state index is 13.4. The molecule has 1 saturated heterocycles. The van der Waals surface area contributed by atoms with Crippen LogP contribution < -0.4 is 15.4 Å². The van der Waals surface area contributed by atoms with Gasteiger partial charge in [0, 0.05) is 57.1 Å². The molecule has 1 aliphatic rings. The van der Waals surface area contributed by atoms with Crippen molar-refractivity contribution in [1.29, 1.82) is 0 Å². The van der Waals surface area contributed by atoms with Crippen LogP contribution in [0.5, 0.6) is 11.6 Å². The minimum Gasteiger partial charge on any atom is -0.439 e. The molecule has 8 heteroatoms. The van der Waals surface area contributed by atoms with Crippen molar-refractivity contribution >= 4 is 5.96 Å². The lowest BCUT2D eigenvalue weighted by Gasteiger charge is -2.14. The second kappa shape index (κ2) is 12.1. The van der Waals surface area contributed by atoms with Crippen molar-refractivity contribution in [3.05, 3.63) is 54.0 Å². The molecule has 1 aromatic carbocycles. The fourth-order valence-electron chi connectivity index (χ4n) is 3.04. The molecule has 1 aliphatic heterocycles. The van der Waals surface area contributed by atoms with Gasteiger partial charge in [-0.1, -0.05) is 12.1 Å². The van der Waals surface area contributed by atoms with E-state index < -0.39 is 0 Å². The van der Waals surface area contributed by atoms with Gasteiger partial charge in [-0.05, 0) is 31.0 Å². The average molecular weight is 416 g/mol. The Bertz CT molecular complexity index is 812.